The first-order valence-electron chi connectivity index (χ1n) is 7.10. The van der Waals surface area contributed by atoms with Crippen molar-refractivity contribution in [3.8, 4) is 5.75 Å². The number of hydrogen-bond acceptors (Lipinski definition) is 4. The van der Waals surface area contributed by atoms with Crippen LogP contribution in [-0.4, -0.2) is 18.1 Å². The van der Waals surface area contributed by atoms with Crippen molar-refractivity contribution in [3.63, 3.8) is 0 Å². The first kappa shape index (κ1) is 17.8. The summed E-state index contributed by atoms with van der Waals surface area (Å²) in [7, 11) is 0. The lowest BCUT2D eigenvalue weighted by atomic mass is 10.1. The molecule has 0 bridgehead atoms. The highest BCUT2D eigenvalue weighted by Gasteiger charge is 2.25. The van der Waals surface area contributed by atoms with E-state index in [0.29, 0.717) is 5.75 Å². The van der Waals surface area contributed by atoms with Crippen molar-refractivity contribution in [3.05, 3.63) is 42.5 Å². The van der Waals surface area contributed by atoms with E-state index < -0.39 is 18.4 Å². The van der Waals surface area contributed by atoms with Crippen molar-refractivity contribution in [1.29, 1.82) is 0 Å². The van der Waals surface area contributed by atoms with E-state index in [9.17, 15) is 9.36 Å². The minimum Gasteiger partial charge on any atom is -0.459 e. The van der Waals surface area contributed by atoms with Gasteiger partial charge in [-0.05, 0) is 32.2 Å². The number of carbonyl (C=O) groups excluding carboxylic acids is 1. The van der Waals surface area contributed by atoms with Crippen LogP contribution in [0.3, 0.4) is 0 Å². The summed E-state index contributed by atoms with van der Waals surface area (Å²) in [5, 5.41) is 4.14. The van der Waals surface area contributed by atoms with Crippen molar-refractivity contribution in [2.24, 2.45) is 0 Å². The Morgan fingerprint density at radius 2 is 1.83 bits per heavy atom. The molecule has 23 heavy (non-hydrogen) atoms. The Hall–Kier alpha value is -1.55. The fraction of sp³-hybridized carbons (Fsp3) is 0.312. The molecule has 1 atom stereocenters. The molecular formula is C16H19ClNO4P. The van der Waals surface area contributed by atoms with Gasteiger partial charge in [0.2, 0.25) is 0 Å². The fourth-order valence-corrected chi connectivity index (χ4v) is 3.17. The highest BCUT2D eigenvalue weighted by molar-refractivity contribution is 7.84. The molecule has 0 aliphatic heterocycles. The monoisotopic (exact) mass is 355 g/mol. The van der Waals surface area contributed by atoms with Gasteiger partial charge < -0.3 is 9.26 Å². The number of benzene rings is 2. The van der Waals surface area contributed by atoms with Crippen LogP contribution in [0.5, 0.6) is 5.75 Å². The van der Waals surface area contributed by atoms with Crippen LogP contribution in [0.1, 0.15) is 20.8 Å². The van der Waals surface area contributed by atoms with Gasteiger partial charge in [-0.2, -0.15) is 0 Å². The Bertz CT molecular complexity index is 752. The lowest BCUT2D eigenvalue weighted by Crippen LogP contribution is -2.30. The standard InChI is InChI=1S/C16H19ClNO4P/c1-16(2,3)21-15(19)11-18-23(17,20)22-14-10-6-8-12-7-4-5-9-13(12)14/h4-10H,11H2,1-3H3,(H,18,20). The van der Waals surface area contributed by atoms with Crippen molar-refractivity contribution < 1.29 is 18.6 Å². The Morgan fingerprint density at radius 3 is 2.52 bits per heavy atom. The lowest BCUT2D eigenvalue weighted by Gasteiger charge is -2.20. The van der Waals surface area contributed by atoms with Gasteiger partial charge in [0, 0.05) is 16.6 Å². The SMILES string of the molecule is CC(C)(C)OC(=O)CNP(=O)(Cl)Oc1cccc2ccccc12. The molecule has 0 amide bonds. The molecule has 0 saturated heterocycles. The summed E-state index contributed by atoms with van der Waals surface area (Å²) in [6.07, 6.45) is 0. The molecule has 0 saturated carbocycles. The molecule has 5 nitrogen and oxygen atoms in total. The first-order chi connectivity index (χ1) is 10.7. The predicted molar refractivity (Wildman–Crippen MR) is 91.9 cm³/mol. The van der Waals surface area contributed by atoms with Crippen molar-refractivity contribution in [2.75, 3.05) is 6.54 Å². The molecule has 124 valence electrons. The number of esters is 1. The second kappa shape index (κ2) is 6.91. The summed E-state index contributed by atoms with van der Waals surface area (Å²) in [5.41, 5.74) is -0.619. The maximum Gasteiger partial charge on any atom is 0.409 e. The average molecular weight is 356 g/mol. The molecule has 2 aromatic carbocycles. The number of hydrogen-bond donors (Lipinski definition) is 1. The molecule has 7 heteroatoms. The van der Waals surface area contributed by atoms with E-state index in [2.05, 4.69) is 5.09 Å². The quantitative estimate of drug-likeness (QED) is 0.632. The van der Waals surface area contributed by atoms with Crippen molar-refractivity contribution >= 4 is 34.9 Å². The van der Waals surface area contributed by atoms with Crippen molar-refractivity contribution in [2.45, 2.75) is 26.4 Å². The average Bonchev–Trinajstić information content (AvgIpc) is 2.44. The van der Waals surface area contributed by atoms with Gasteiger partial charge in [0.1, 0.15) is 17.9 Å². The van der Waals surface area contributed by atoms with Gasteiger partial charge in [-0.1, -0.05) is 36.4 Å². The maximum absolute atomic E-state index is 12.3. The van der Waals surface area contributed by atoms with Crippen LogP contribution < -0.4 is 9.61 Å². The maximum atomic E-state index is 12.3. The van der Waals surface area contributed by atoms with Crippen LogP contribution in [0.25, 0.3) is 10.8 Å². The molecule has 0 aliphatic rings. The van der Waals surface area contributed by atoms with Crippen LogP contribution in [0.2, 0.25) is 0 Å². The minimum absolute atomic E-state index is 0.303. The van der Waals surface area contributed by atoms with Gasteiger partial charge >= 0.3 is 12.8 Å². The topological polar surface area (TPSA) is 64.6 Å². The highest BCUT2D eigenvalue weighted by atomic mass is 35.7. The van der Waals surface area contributed by atoms with E-state index in [4.69, 9.17) is 20.5 Å². The molecule has 0 aliphatic carbocycles. The molecular weight excluding hydrogens is 337 g/mol. The fourth-order valence-electron chi connectivity index (χ4n) is 1.97. The number of carbonyl (C=O) groups is 1. The van der Waals surface area contributed by atoms with Gasteiger partial charge in [-0.15, -0.1) is 0 Å². The summed E-state index contributed by atoms with van der Waals surface area (Å²) >= 11 is 5.90. The second-order valence-corrected chi connectivity index (χ2v) is 8.76. The third-order valence-corrected chi connectivity index (χ3v) is 4.33. The van der Waals surface area contributed by atoms with Crippen LogP contribution in [-0.2, 0) is 14.1 Å². The minimum atomic E-state index is -3.72. The summed E-state index contributed by atoms with van der Waals surface area (Å²) in [6.45, 7) is 1.22. The molecule has 0 fully saturated rings. The van der Waals surface area contributed by atoms with Gasteiger partial charge in [-0.25, -0.2) is 9.65 Å². The molecule has 0 radical (unpaired) electrons. The normalized spacial score (nSPS) is 14.3. The van der Waals surface area contributed by atoms with Crippen LogP contribution in [0.15, 0.2) is 42.5 Å². The lowest BCUT2D eigenvalue weighted by molar-refractivity contribution is -0.153. The van der Waals surface area contributed by atoms with Crippen LogP contribution >= 0.6 is 18.1 Å². The van der Waals surface area contributed by atoms with Crippen LogP contribution in [0, 0.1) is 0 Å². The number of rotatable bonds is 5. The van der Waals surface area contributed by atoms with E-state index in [1.54, 1.807) is 32.9 Å². The summed E-state index contributed by atoms with van der Waals surface area (Å²) in [5.74, 6) is -0.169. The Morgan fingerprint density at radius 1 is 1.17 bits per heavy atom. The number of halogens is 1. The third-order valence-electron chi connectivity index (χ3n) is 2.80. The number of ether oxygens (including phenoxy) is 1. The zero-order valence-corrected chi connectivity index (χ0v) is 14.9. The largest absolute Gasteiger partial charge is 0.459 e. The second-order valence-electron chi connectivity index (χ2n) is 5.97. The Balaban J connectivity index is 2.06. The predicted octanol–water partition coefficient (Wildman–Crippen LogP) is 4.50. The van der Waals surface area contributed by atoms with E-state index in [0.717, 1.165) is 10.8 Å². The number of fused-ring (bicyclic) bond motifs is 1. The van der Waals surface area contributed by atoms with E-state index in [-0.39, 0.29) is 6.54 Å². The Kier molecular flexibility index (Phi) is 5.35. The van der Waals surface area contributed by atoms with Crippen molar-refractivity contribution in [1.82, 2.24) is 5.09 Å². The van der Waals surface area contributed by atoms with Gasteiger partial charge in [0.05, 0.1) is 0 Å². The number of nitrogens with one attached hydrogen (secondary N) is 1. The zero-order valence-electron chi connectivity index (χ0n) is 13.2. The van der Waals surface area contributed by atoms with Crippen LogP contribution in [0.4, 0.5) is 0 Å². The van der Waals surface area contributed by atoms with Gasteiger partial charge in [0.15, 0.2) is 0 Å². The van der Waals surface area contributed by atoms with Gasteiger partial charge in [0.25, 0.3) is 0 Å². The van der Waals surface area contributed by atoms with E-state index in [1.807, 2.05) is 30.3 Å². The molecule has 2 aromatic rings. The molecule has 1 unspecified atom stereocenters. The molecule has 0 spiro atoms. The zero-order chi connectivity index (χ0) is 17.1. The molecule has 2 rings (SSSR count). The summed E-state index contributed by atoms with van der Waals surface area (Å²) < 4.78 is 22.8. The van der Waals surface area contributed by atoms with E-state index >= 15 is 0 Å². The molecule has 0 aromatic heterocycles. The summed E-state index contributed by atoms with van der Waals surface area (Å²) in [6, 6.07) is 12.9. The molecule has 1 N–H and O–H groups in total. The van der Waals surface area contributed by atoms with E-state index in [1.165, 1.54) is 0 Å². The Labute approximate surface area is 140 Å². The third kappa shape index (κ3) is 5.54. The summed E-state index contributed by atoms with van der Waals surface area (Å²) in [4.78, 5) is 11.7. The smallest absolute Gasteiger partial charge is 0.409 e. The molecule has 0 heterocycles. The van der Waals surface area contributed by atoms with Gasteiger partial charge in [-0.3, -0.25) is 4.79 Å². The first-order valence-corrected chi connectivity index (χ1v) is 9.63. The highest BCUT2D eigenvalue weighted by Crippen LogP contribution is 2.49.